The summed E-state index contributed by atoms with van der Waals surface area (Å²) in [4.78, 5) is 25.6. The first kappa shape index (κ1) is 14.7. The van der Waals surface area contributed by atoms with Crippen LogP contribution in [-0.4, -0.2) is 53.0 Å². The highest BCUT2D eigenvalue weighted by atomic mass is 32.2. The standard InChI is InChI=1S/C13H16N2O4S/c1-20(18)10-4-2-9(3-5-10)13(17)15-6-7-19-11(8-15)12(14)16/h2-5,11H,6-8H2,1H3,(H2,14,16)/t11-,20-/m0/s1. The maximum absolute atomic E-state index is 12.3. The Morgan fingerprint density at radius 2 is 2.00 bits per heavy atom. The molecule has 1 heterocycles. The first-order valence-corrected chi connectivity index (χ1v) is 7.68. The van der Waals surface area contributed by atoms with Gasteiger partial charge in [0.15, 0.2) is 6.10 Å². The number of primary amides is 1. The van der Waals surface area contributed by atoms with Gasteiger partial charge in [-0.15, -0.1) is 0 Å². The molecule has 6 nitrogen and oxygen atoms in total. The molecular formula is C13H16N2O4S. The molecule has 1 aromatic carbocycles. The fourth-order valence-electron chi connectivity index (χ4n) is 1.98. The topological polar surface area (TPSA) is 89.7 Å². The largest absolute Gasteiger partial charge is 0.367 e. The van der Waals surface area contributed by atoms with E-state index in [9.17, 15) is 13.8 Å². The molecule has 0 bridgehead atoms. The Labute approximate surface area is 119 Å². The summed E-state index contributed by atoms with van der Waals surface area (Å²) in [6, 6.07) is 6.59. The quantitative estimate of drug-likeness (QED) is 0.833. The number of carbonyl (C=O) groups excluding carboxylic acids is 2. The fraction of sp³-hybridized carbons (Fsp3) is 0.385. The summed E-state index contributed by atoms with van der Waals surface area (Å²) < 4.78 is 16.5. The summed E-state index contributed by atoms with van der Waals surface area (Å²) in [5, 5.41) is 0. The van der Waals surface area contributed by atoms with Crippen molar-refractivity contribution in [1.82, 2.24) is 4.90 Å². The van der Waals surface area contributed by atoms with Crippen LogP contribution in [-0.2, 0) is 20.3 Å². The zero-order valence-electron chi connectivity index (χ0n) is 11.1. The minimum atomic E-state index is -1.07. The van der Waals surface area contributed by atoms with Gasteiger partial charge in [-0.25, -0.2) is 0 Å². The predicted molar refractivity (Wildman–Crippen MR) is 73.6 cm³/mol. The normalized spacial score (nSPS) is 20.4. The molecule has 0 aliphatic carbocycles. The Morgan fingerprint density at radius 1 is 1.35 bits per heavy atom. The maximum atomic E-state index is 12.3. The number of morpholine rings is 1. The number of rotatable bonds is 3. The smallest absolute Gasteiger partial charge is 0.254 e. The summed E-state index contributed by atoms with van der Waals surface area (Å²) in [5.41, 5.74) is 5.68. The third-order valence-electron chi connectivity index (χ3n) is 3.10. The number of nitrogens with zero attached hydrogens (tertiary/aromatic N) is 1. The molecule has 0 aromatic heterocycles. The predicted octanol–water partition coefficient (Wildman–Crippen LogP) is -0.250. The lowest BCUT2D eigenvalue weighted by Gasteiger charge is -2.31. The van der Waals surface area contributed by atoms with E-state index in [1.807, 2.05) is 0 Å². The summed E-state index contributed by atoms with van der Waals surface area (Å²) in [6.45, 7) is 0.871. The number of hydrogen-bond donors (Lipinski definition) is 1. The van der Waals surface area contributed by atoms with Crippen molar-refractivity contribution in [3.8, 4) is 0 Å². The third kappa shape index (κ3) is 3.23. The Morgan fingerprint density at radius 3 is 2.55 bits per heavy atom. The third-order valence-corrected chi connectivity index (χ3v) is 4.04. The number of ether oxygens (including phenoxy) is 1. The van der Waals surface area contributed by atoms with Crippen LogP contribution in [0.4, 0.5) is 0 Å². The molecule has 7 heteroatoms. The minimum absolute atomic E-state index is 0.162. The van der Waals surface area contributed by atoms with Crippen LogP contribution >= 0.6 is 0 Å². The van der Waals surface area contributed by atoms with E-state index in [-0.39, 0.29) is 19.1 Å². The van der Waals surface area contributed by atoms with E-state index in [0.29, 0.717) is 17.0 Å². The van der Waals surface area contributed by atoms with Crippen molar-refractivity contribution in [2.75, 3.05) is 26.0 Å². The van der Waals surface area contributed by atoms with Gasteiger partial charge in [-0.05, 0) is 24.3 Å². The molecule has 2 N–H and O–H groups in total. The molecular weight excluding hydrogens is 280 g/mol. The molecule has 1 aliphatic heterocycles. The van der Waals surface area contributed by atoms with Gasteiger partial charge in [-0.2, -0.15) is 0 Å². The van der Waals surface area contributed by atoms with E-state index in [1.165, 1.54) is 4.90 Å². The molecule has 2 rings (SSSR count). The number of benzene rings is 1. The van der Waals surface area contributed by atoms with Crippen molar-refractivity contribution in [2.45, 2.75) is 11.0 Å². The van der Waals surface area contributed by atoms with Gasteiger partial charge in [-0.1, -0.05) is 0 Å². The maximum Gasteiger partial charge on any atom is 0.254 e. The molecule has 2 atom stereocenters. The Kier molecular flexibility index (Phi) is 4.51. The summed E-state index contributed by atoms with van der Waals surface area (Å²) >= 11 is 0. The van der Waals surface area contributed by atoms with Crippen LogP contribution < -0.4 is 5.73 Å². The lowest BCUT2D eigenvalue weighted by atomic mass is 10.1. The van der Waals surface area contributed by atoms with Crippen molar-refractivity contribution in [3.63, 3.8) is 0 Å². The van der Waals surface area contributed by atoms with Crippen LogP contribution in [0, 0.1) is 0 Å². The monoisotopic (exact) mass is 296 g/mol. The van der Waals surface area contributed by atoms with Crippen molar-refractivity contribution in [1.29, 1.82) is 0 Å². The van der Waals surface area contributed by atoms with Crippen molar-refractivity contribution in [3.05, 3.63) is 29.8 Å². The Bertz CT molecular complexity index is 544. The van der Waals surface area contributed by atoms with Gasteiger partial charge in [0.05, 0.1) is 13.2 Å². The van der Waals surface area contributed by atoms with Crippen LogP contribution in [0.3, 0.4) is 0 Å². The molecule has 1 saturated heterocycles. The van der Waals surface area contributed by atoms with Gasteiger partial charge >= 0.3 is 0 Å². The molecule has 0 radical (unpaired) electrons. The molecule has 1 fully saturated rings. The number of nitrogens with two attached hydrogens (primary N) is 1. The molecule has 108 valence electrons. The van der Waals surface area contributed by atoms with E-state index in [2.05, 4.69) is 0 Å². The second-order valence-corrected chi connectivity index (χ2v) is 5.87. The van der Waals surface area contributed by atoms with E-state index in [4.69, 9.17) is 10.5 Å². The molecule has 1 aliphatic rings. The van der Waals surface area contributed by atoms with Crippen molar-refractivity contribution >= 4 is 22.6 Å². The van der Waals surface area contributed by atoms with Gasteiger partial charge in [0.2, 0.25) is 5.91 Å². The molecule has 20 heavy (non-hydrogen) atoms. The molecule has 1 aromatic rings. The lowest BCUT2D eigenvalue weighted by molar-refractivity contribution is -0.133. The van der Waals surface area contributed by atoms with Crippen LogP contribution in [0.15, 0.2) is 29.2 Å². The zero-order valence-corrected chi connectivity index (χ0v) is 11.9. The minimum Gasteiger partial charge on any atom is -0.367 e. The highest BCUT2D eigenvalue weighted by molar-refractivity contribution is 7.84. The fourth-order valence-corrected chi connectivity index (χ4v) is 2.50. The van der Waals surface area contributed by atoms with E-state index < -0.39 is 22.8 Å². The van der Waals surface area contributed by atoms with Gasteiger partial charge in [-0.3, -0.25) is 13.8 Å². The highest BCUT2D eigenvalue weighted by Crippen LogP contribution is 2.13. The first-order chi connectivity index (χ1) is 9.49. The second kappa shape index (κ2) is 6.15. The Balaban J connectivity index is 2.10. The van der Waals surface area contributed by atoms with E-state index in [0.717, 1.165) is 0 Å². The molecule has 0 saturated carbocycles. The first-order valence-electron chi connectivity index (χ1n) is 6.12. The molecule has 0 spiro atoms. The van der Waals surface area contributed by atoms with Crippen LogP contribution in [0.2, 0.25) is 0 Å². The SMILES string of the molecule is C[S@](=O)c1ccc(C(=O)N2CCO[C@H](C(N)=O)C2)cc1. The van der Waals surface area contributed by atoms with Gasteiger partial charge in [0.25, 0.3) is 5.91 Å². The summed E-state index contributed by atoms with van der Waals surface area (Å²) in [5.74, 6) is -0.757. The molecule has 2 amide bonds. The van der Waals surface area contributed by atoms with E-state index in [1.54, 1.807) is 30.5 Å². The average Bonchev–Trinajstić information content (AvgIpc) is 2.46. The number of amides is 2. The van der Waals surface area contributed by atoms with Crippen LogP contribution in [0.5, 0.6) is 0 Å². The number of carbonyl (C=O) groups is 2. The van der Waals surface area contributed by atoms with Crippen LogP contribution in [0.25, 0.3) is 0 Å². The summed E-state index contributed by atoms with van der Waals surface area (Å²) in [7, 11) is -1.07. The van der Waals surface area contributed by atoms with Crippen molar-refractivity contribution in [2.24, 2.45) is 5.73 Å². The zero-order chi connectivity index (χ0) is 14.7. The number of hydrogen-bond acceptors (Lipinski definition) is 4. The highest BCUT2D eigenvalue weighted by Gasteiger charge is 2.28. The average molecular weight is 296 g/mol. The van der Waals surface area contributed by atoms with Gasteiger partial charge in [0, 0.05) is 34.1 Å². The molecule has 0 unspecified atom stereocenters. The van der Waals surface area contributed by atoms with Crippen molar-refractivity contribution < 1.29 is 18.5 Å². The van der Waals surface area contributed by atoms with E-state index >= 15 is 0 Å². The van der Waals surface area contributed by atoms with Crippen LogP contribution in [0.1, 0.15) is 10.4 Å². The second-order valence-electron chi connectivity index (χ2n) is 4.49. The van der Waals surface area contributed by atoms with Gasteiger partial charge < -0.3 is 15.4 Å². The van der Waals surface area contributed by atoms with Gasteiger partial charge in [0.1, 0.15) is 0 Å². The summed E-state index contributed by atoms with van der Waals surface area (Å²) in [6.07, 6.45) is 0.825. The Hall–Kier alpha value is -1.73. The lowest BCUT2D eigenvalue weighted by Crippen LogP contribution is -2.50.